The summed E-state index contributed by atoms with van der Waals surface area (Å²) in [4.78, 5) is 11.9. The maximum Gasteiger partial charge on any atom is 0.180 e. The lowest BCUT2D eigenvalue weighted by Gasteiger charge is -2.09. The van der Waals surface area contributed by atoms with Crippen LogP contribution in [0.15, 0.2) is 18.2 Å². The van der Waals surface area contributed by atoms with Gasteiger partial charge in [0.1, 0.15) is 11.7 Å². The number of hydrogen-bond acceptors (Lipinski definition) is 2. The van der Waals surface area contributed by atoms with Crippen LogP contribution in [0.3, 0.4) is 0 Å². The van der Waals surface area contributed by atoms with Gasteiger partial charge in [-0.1, -0.05) is 19.4 Å². The second kappa shape index (κ2) is 5.41. The number of ketones is 1. The lowest BCUT2D eigenvalue weighted by molar-refractivity contribution is 0.0942. The number of hydrogen-bond donors (Lipinski definition) is 0. The van der Waals surface area contributed by atoms with Gasteiger partial charge in [-0.15, -0.1) is 0 Å². The summed E-state index contributed by atoms with van der Waals surface area (Å²) in [7, 11) is 0. The fourth-order valence-electron chi connectivity index (χ4n) is 1.59. The largest absolute Gasteiger partial charge is 0.293 e. The molecule has 3 heteroatoms. The molecule has 0 N–H and O–H groups in total. The maximum atomic E-state index is 13.0. The Kier molecular flexibility index (Phi) is 4.19. The van der Waals surface area contributed by atoms with Crippen molar-refractivity contribution in [3.8, 4) is 6.07 Å². The summed E-state index contributed by atoms with van der Waals surface area (Å²) < 4.78 is 13.0. The smallest absolute Gasteiger partial charge is 0.180 e. The summed E-state index contributed by atoms with van der Waals surface area (Å²) in [6.07, 6.45) is 1.28. The van der Waals surface area contributed by atoms with Crippen molar-refractivity contribution in [2.24, 2.45) is 5.92 Å². The van der Waals surface area contributed by atoms with Crippen molar-refractivity contribution >= 4 is 5.78 Å². The molecule has 0 radical (unpaired) electrons. The van der Waals surface area contributed by atoms with Crippen LogP contribution >= 0.6 is 0 Å². The molecule has 0 spiro atoms. The molecular formula is C13H14FNO. The average Bonchev–Trinajstić information content (AvgIpc) is 2.28. The van der Waals surface area contributed by atoms with Gasteiger partial charge < -0.3 is 0 Å². The maximum absolute atomic E-state index is 13.0. The van der Waals surface area contributed by atoms with Crippen LogP contribution in [0.1, 0.15) is 35.7 Å². The molecule has 1 unspecified atom stereocenters. The molecular weight excluding hydrogens is 205 g/mol. The molecule has 0 saturated carbocycles. The normalized spacial score (nSPS) is 11.9. The Morgan fingerprint density at radius 1 is 1.56 bits per heavy atom. The quantitative estimate of drug-likeness (QED) is 0.729. The molecule has 1 aromatic rings. The lowest BCUT2D eigenvalue weighted by atomic mass is 9.92. The fourth-order valence-corrected chi connectivity index (χ4v) is 1.59. The van der Waals surface area contributed by atoms with Gasteiger partial charge in [0, 0.05) is 5.56 Å². The molecule has 16 heavy (non-hydrogen) atoms. The number of carbonyl (C=O) groups excluding carboxylic acids is 1. The molecule has 1 atom stereocenters. The first-order valence-electron chi connectivity index (χ1n) is 5.30. The first-order valence-corrected chi connectivity index (χ1v) is 5.30. The van der Waals surface area contributed by atoms with E-state index in [0.717, 1.165) is 6.42 Å². The average molecular weight is 219 g/mol. The molecule has 0 bridgehead atoms. The van der Waals surface area contributed by atoms with Crippen molar-refractivity contribution in [2.75, 3.05) is 0 Å². The van der Waals surface area contributed by atoms with E-state index in [9.17, 15) is 9.18 Å². The van der Waals surface area contributed by atoms with Gasteiger partial charge in [-0.25, -0.2) is 4.39 Å². The minimum atomic E-state index is -0.662. The number of carbonyl (C=O) groups is 1. The van der Waals surface area contributed by atoms with Crippen LogP contribution < -0.4 is 0 Å². The van der Waals surface area contributed by atoms with E-state index in [1.54, 1.807) is 13.0 Å². The number of aryl methyl sites for hydroxylation is 1. The number of benzene rings is 1. The molecule has 0 aliphatic heterocycles. The van der Waals surface area contributed by atoms with Crippen LogP contribution in [-0.2, 0) is 0 Å². The van der Waals surface area contributed by atoms with Crippen LogP contribution in [-0.4, -0.2) is 5.78 Å². The van der Waals surface area contributed by atoms with Crippen LogP contribution in [0.25, 0.3) is 0 Å². The summed E-state index contributed by atoms with van der Waals surface area (Å²) in [6.45, 7) is 3.66. The van der Waals surface area contributed by atoms with Crippen molar-refractivity contribution in [3.63, 3.8) is 0 Å². The highest BCUT2D eigenvalue weighted by Gasteiger charge is 2.20. The Labute approximate surface area is 94.7 Å². The van der Waals surface area contributed by atoms with Crippen molar-refractivity contribution in [2.45, 2.75) is 26.7 Å². The van der Waals surface area contributed by atoms with Gasteiger partial charge in [0.25, 0.3) is 0 Å². The summed E-state index contributed by atoms with van der Waals surface area (Å²) in [5.41, 5.74) is 1.03. The molecule has 1 aromatic carbocycles. The third kappa shape index (κ3) is 2.66. The third-order valence-electron chi connectivity index (χ3n) is 2.51. The van der Waals surface area contributed by atoms with E-state index in [-0.39, 0.29) is 5.78 Å². The van der Waals surface area contributed by atoms with Gasteiger partial charge in [-0.2, -0.15) is 5.26 Å². The van der Waals surface area contributed by atoms with Gasteiger partial charge in [-0.3, -0.25) is 4.79 Å². The summed E-state index contributed by atoms with van der Waals surface area (Å²) in [5.74, 6) is -1.38. The molecule has 0 aliphatic rings. The molecule has 0 fully saturated rings. The second-order valence-corrected chi connectivity index (χ2v) is 3.79. The Hall–Kier alpha value is -1.69. The predicted octanol–water partition coefficient (Wildman–Crippen LogP) is 3.26. The Balaban J connectivity index is 3.04. The Morgan fingerprint density at radius 3 is 2.81 bits per heavy atom. The van der Waals surface area contributed by atoms with E-state index in [2.05, 4.69) is 0 Å². The zero-order valence-electron chi connectivity index (χ0n) is 9.46. The number of Topliss-reactive ketones (excluding diaryl/α,β-unsaturated/α-hetero) is 1. The summed E-state index contributed by atoms with van der Waals surface area (Å²) in [5, 5.41) is 8.88. The number of halogens is 1. The van der Waals surface area contributed by atoms with Crippen LogP contribution in [0.2, 0.25) is 0 Å². The molecule has 0 amide bonds. The Morgan fingerprint density at radius 2 is 2.25 bits per heavy atom. The molecule has 0 aromatic heterocycles. The first-order chi connectivity index (χ1) is 7.60. The van der Waals surface area contributed by atoms with Crippen LogP contribution in [0.5, 0.6) is 0 Å². The van der Waals surface area contributed by atoms with E-state index >= 15 is 0 Å². The van der Waals surface area contributed by atoms with Crippen molar-refractivity contribution < 1.29 is 9.18 Å². The highest BCUT2D eigenvalue weighted by Crippen LogP contribution is 2.18. The SMILES string of the molecule is CCCC(C#N)C(=O)c1cc(F)ccc1C. The molecule has 0 aliphatic carbocycles. The molecule has 0 heterocycles. The minimum Gasteiger partial charge on any atom is -0.293 e. The van der Waals surface area contributed by atoms with Crippen LogP contribution in [0.4, 0.5) is 4.39 Å². The standard InChI is InChI=1S/C13H14FNO/c1-3-4-10(8-15)13(16)12-7-11(14)6-5-9(12)2/h5-7,10H,3-4H2,1-2H3. The molecule has 1 rings (SSSR count). The third-order valence-corrected chi connectivity index (χ3v) is 2.51. The lowest BCUT2D eigenvalue weighted by Crippen LogP contribution is -2.14. The Bertz CT molecular complexity index is 434. The van der Waals surface area contributed by atoms with Crippen LogP contribution in [0, 0.1) is 30.0 Å². The zero-order chi connectivity index (χ0) is 12.1. The van der Waals surface area contributed by atoms with E-state index in [0.29, 0.717) is 17.5 Å². The monoisotopic (exact) mass is 219 g/mol. The van der Waals surface area contributed by atoms with Gasteiger partial charge >= 0.3 is 0 Å². The van der Waals surface area contributed by atoms with Gasteiger partial charge in [0.05, 0.1) is 6.07 Å². The van der Waals surface area contributed by atoms with Gasteiger partial charge in [0.15, 0.2) is 5.78 Å². The highest BCUT2D eigenvalue weighted by atomic mass is 19.1. The van der Waals surface area contributed by atoms with Crippen molar-refractivity contribution in [3.05, 3.63) is 35.1 Å². The molecule has 84 valence electrons. The number of nitriles is 1. The first kappa shape index (κ1) is 12.4. The highest BCUT2D eigenvalue weighted by molar-refractivity contribution is 6.00. The van der Waals surface area contributed by atoms with E-state index in [4.69, 9.17) is 5.26 Å². The van der Waals surface area contributed by atoms with Gasteiger partial charge in [0.2, 0.25) is 0 Å². The topological polar surface area (TPSA) is 40.9 Å². The van der Waals surface area contributed by atoms with E-state index < -0.39 is 11.7 Å². The number of nitrogens with zero attached hydrogens (tertiary/aromatic N) is 1. The van der Waals surface area contributed by atoms with E-state index in [1.807, 2.05) is 13.0 Å². The number of rotatable bonds is 4. The zero-order valence-corrected chi connectivity index (χ0v) is 9.46. The molecule has 2 nitrogen and oxygen atoms in total. The van der Waals surface area contributed by atoms with E-state index in [1.165, 1.54) is 12.1 Å². The summed E-state index contributed by atoms with van der Waals surface area (Å²) >= 11 is 0. The molecule has 0 saturated heterocycles. The fraction of sp³-hybridized carbons (Fsp3) is 0.385. The van der Waals surface area contributed by atoms with Crippen molar-refractivity contribution in [1.29, 1.82) is 5.26 Å². The second-order valence-electron chi connectivity index (χ2n) is 3.79. The summed E-state index contributed by atoms with van der Waals surface area (Å²) in [6, 6.07) is 6.05. The van der Waals surface area contributed by atoms with Crippen molar-refractivity contribution in [1.82, 2.24) is 0 Å². The predicted molar refractivity (Wildman–Crippen MR) is 59.5 cm³/mol. The van der Waals surface area contributed by atoms with Gasteiger partial charge in [-0.05, 0) is 31.0 Å². The minimum absolute atomic E-state index is 0.277.